The number of carbonyl (C=O) groups is 1. The Hall–Kier alpha value is -1.17. The fourth-order valence-electron chi connectivity index (χ4n) is 2.36. The molecular formula is C12H20N4OS. The van der Waals surface area contributed by atoms with Crippen LogP contribution in [0.15, 0.2) is 0 Å². The van der Waals surface area contributed by atoms with Gasteiger partial charge in [0.2, 0.25) is 10.1 Å². The van der Waals surface area contributed by atoms with Crippen molar-refractivity contribution in [2.45, 2.75) is 32.6 Å². The third-order valence-corrected chi connectivity index (χ3v) is 4.16. The van der Waals surface area contributed by atoms with Crippen molar-refractivity contribution in [3.8, 4) is 0 Å². The van der Waals surface area contributed by atoms with Gasteiger partial charge < -0.3 is 10.2 Å². The van der Waals surface area contributed by atoms with Crippen LogP contribution in [-0.4, -0.2) is 41.1 Å². The molecule has 0 saturated heterocycles. The first-order chi connectivity index (χ1) is 8.70. The highest BCUT2D eigenvalue weighted by Gasteiger charge is 2.22. The summed E-state index contributed by atoms with van der Waals surface area (Å²) in [6.45, 7) is 3.63. The molecule has 1 aromatic rings. The normalized spacial score (nSPS) is 15.9. The molecule has 1 N–H and O–H groups in total. The molecule has 1 amide bonds. The van der Waals surface area contributed by atoms with Crippen LogP contribution in [0.4, 0.5) is 5.13 Å². The second-order valence-corrected chi connectivity index (χ2v) is 5.76. The molecule has 0 spiro atoms. The molecule has 1 saturated carbocycles. The summed E-state index contributed by atoms with van der Waals surface area (Å²) in [4.78, 5) is 13.9. The van der Waals surface area contributed by atoms with Crippen molar-refractivity contribution >= 4 is 22.4 Å². The van der Waals surface area contributed by atoms with E-state index < -0.39 is 0 Å². The predicted octanol–water partition coefficient (Wildman–Crippen LogP) is 2.23. The Balaban J connectivity index is 1.91. The number of carbonyl (C=O) groups excluding carboxylic acids is 1. The summed E-state index contributed by atoms with van der Waals surface area (Å²) in [7, 11) is 1.86. The van der Waals surface area contributed by atoms with Crippen LogP contribution >= 0.6 is 11.3 Å². The third kappa shape index (κ3) is 3.19. The zero-order chi connectivity index (χ0) is 13.0. The topological polar surface area (TPSA) is 58.1 Å². The van der Waals surface area contributed by atoms with Gasteiger partial charge in [-0.1, -0.05) is 24.2 Å². The highest BCUT2D eigenvalue weighted by atomic mass is 32.1. The Morgan fingerprint density at radius 1 is 1.44 bits per heavy atom. The number of nitrogens with zero attached hydrogens (tertiary/aromatic N) is 3. The molecule has 100 valence electrons. The predicted molar refractivity (Wildman–Crippen MR) is 73.0 cm³/mol. The van der Waals surface area contributed by atoms with E-state index in [0.717, 1.165) is 18.2 Å². The summed E-state index contributed by atoms with van der Waals surface area (Å²) >= 11 is 1.33. The van der Waals surface area contributed by atoms with E-state index in [2.05, 4.69) is 15.5 Å². The van der Waals surface area contributed by atoms with Gasteiger partial charge in [-0.2, -0.15) is 0 Å². The number of hydrogen-bond donors (Lipinski definition) is 1. The molecular weight excluding hydrogens is 248 g/mol. The number of anilines is 1. The minimum Gasteiger partial charge on any atom is -0.360 e. The number of hydrogen-bond acceptors (Lipinski definition) is 5. The average Bonchev–Trinajstić information content (AvgIpc) is 3.00. The molecule has 0 unspecified atom stereocenters. The fourth-order valence-corrected chi connectivity index (χ4v) is 3.16. The zero-order valence-electron chi connectivity index (χ0n) is 11.0. The van der Waals surface area contributed by atoms with Gasteiger partial charge in [0.1, 0.15) is 0 Å². The van der Waals surface area contributed by atoms with Crippen LogP contribution in [0.3, 0.4) is 0 Å². The van der Waals surface area contributed by atoms with Crippen molar-refractivity contribution in [3.05, 3.63) is 5.01 Å². The van der Waals surface area contributed by atoms with Gasteiger partial charge in [0.15, 0.2) is 0 Å². The Bertz CT molecular complexity index is 401. The molecule has 2 rings (SSSR count). The minimum atomic E-state index is -0.0106. The lowest BCUT2D eigenvalue weighted by Gasteiger charge is -2.19. The van der Waals surface area contributed by atoms with Crippen LogP contribution in [0.25, 0.3) is 0 Å². The molecule has 5 nitrogen and oxygen atoms in total. The van der Waals surface area contributed by atoms with E-state index in [4.69, 9.17) is 0 Å². The van der Waals surface area contributed by atoms with Crippen molar-refractivity contribution in [2.24, 2.45) is 5.92 Å². The number of rotatable bonds is 5. The molecule has 1 fully saturated rings. The van der Waals surface area contributed by atoms with Crippen LogP contribution in [0, 0.1) is 5.92 Å². The maximum absolute atomic E-state index is 12.2. The quantitative estimate of drug-likeness (QED) is 0.889. The molecule has 1 aliphatic rings. The SMILES string of the molecule is CCNc1nnc(C(=O)N(C)CC2CCCC2)s1. The van der Waals surface area contributed by atoms with Crippen molar-refractivity contribution in [2.75, 3.05) is 25.5 Å². The van der Waals surface area contributed by atoms with E-state index in [9.17, 15) is 4.79 Å². The van der Waals surface area contributed by atoms with Crippen LogP contribution in [0.2, 0.25) is 0 Å². The van der Waals surface area contributed by atoms with Gasteiger partial charge in [0.05, 0.1) is 0 Å². The molecule has 0 bridgehead atoms. The second-order valence-electron chi connectivity index (χ2n) is 4.78. The Morgan fingerprint density at radius 3 is 2.83 bits per heavy atom. The van der Waals surface area contributed by atoms with Gasteiger partial charge in [0, 0.05) is 20.1 Å². The number of amides is 1. The largest absolute Gasteiger partial charge is 0.360 e. The fraction of sp³-hybridized carbons (Fsp3) is 0.750. The maximum Gasteiger partial charge on any atom is 0.284 e. The zero-order valence-corrected chi connectivity index (χ0v) is 11.8. The lowest BCUT2D eigenvalue weighted by atomic mass is 10.1. The van der Waals surface area contributed by atoms with E-state index in [1.54, 1.807) is 4.90 Å². The van der Waals surface area contributed by atoms with Gasteiger partial charge in [-0.3, -0.25) is 4.79 Å². The standard InChI is InChI=1S/C12H20N4OS/c1-3-13-12-15-14-10(18-12)11(17)16(2)8-9-6-4-5-7-9/h9H,3-8H2,1-2H3,(H,13,15). The molecule has 0 atom stereocenters. The van der Waals surface area contributed by atoms with E-state index >= 15 is 0 Å². The monoisotopic (exact) mass is 268 g/mol. The van der Waals surface area contributed by atoms with Gasteiger partial charge in [0.25, 0.3) is 5.91 Å². The Kier molecular flexibility index (Phi) is 4.52. The first kappa shape index (κ1) is 13.3. The number of nitrogens with one attached hydrogen (secondary N) is 1. The molecule has 1 aliphatic carbocycles. The summed E-state index contributed by atoms with van der Waals surface area (Å²) in [5.74, 6) is 0.656. The summed E-state index contributed by atoms with van der Waals surface area (Å²) in [6, 6.07) is 0. The van der Waals surface area contributed by atoms with Crippen molar-refractivity contribution in [3.63, 3.8) is 0 Å². The maximum atomic E-state index is 12.2. The molecule has 6 heteroatoms. The van der Waals surface area contributed by atoms with Crippen molar-refractivity contribution < 1.29 is 4.79 Å². The summed E-state index contributed by atoms with van der Waals surface area (Å²) in [6.07, 6.45) is 5.10. The van der Waals surface area contributed by atoms with Gasteiger partial charge in [-0.15, -0.1) is 10.2 Å². The lowest BCUT2D eigenvalue weighted by Crippen LogP contribution is -2.31. The van der Waals surface area contributed by atoms with Gasteiger partial charge >= 0.3 is 0 Å². The first-order valence-electron chi connectivity index (χ1n) is 6.53. The average molecular weight is 268 g/mol. The third-order valence-electron chi connectivity index (χ3n) is 3.29. The first-order valence-corrected chi connectivity index (χ1v) is 7.35. The number of aromatic nitrogens is 2. The van der Waals surface area contributed by atoms with Gasteiger partial charge in [-0.05, 0) is 25.7 Å². The van der Waals surface area contributed by atoms with Crippen molar-refractivity contribution in [1.29, 1.82) is 0 Å². The summed E-state index contributed by atoms with van der Waals surface area (Å²) in [5, 5.41) is 12.2. The molecule has 18 heavy (non-hydrogen) atoms. The summed E-state index contributed by atoms with van der Waals surface area (Å²) in [5.41, 5.74) is 0. The molecule has 0 aromatic carbocycles. The van der Waals surface area contributed by atoms with Crippen LogP contribution in [-0.2, 0) is 0 Å². The molecule has 0 radical (unpaired) electrons. The molecule has 1 heterocycles. The summed E-state index contributed by atoms with van der Waals surface area (Å²) < 4.78 is 0. The van der Waals surface area contributed by atoms with Crippen LogP contribution in [0.1, 0.15) is 42.4 Å². The molecule has 0 aliphatic heterocycles. The lowest BCUT2D eigenvalue weighted by molar-refractivity contribution is 0.0772. The highest BCUT2D eigenvalue weighted by Crippen LogP contribution is 2.26. The van der Waals surface area contributed by atoms with E-state index in [1.165, 1.54) is 37.0 Å². The Morgan fingerprint density at radius 2 is 2.17 bits per heavy atom. The van der Waals surface area contributed by atoms with E-state index in [-0.39, 0.29) is 5.91 Å². The molecule has 1 aromatic heterocycles. The smallest absolute Gasteiger partial charge is 0.284 e. The second kappa shape index (κ2) is 6.13. The van der Waals surface area contributed by atoms with Crippen LogP contribution < -0.4 is 5.32 Å². The van der Waals surface area contributed by atoms with Gasteiger partial charge in [-0.25, -0.2) is 0 Å². The minimum absolute atomic E-state index is 0.0106. The Labute approximate surface area is 112 Å². The highest BCUT2D eigenvalue weighted by molar-refractivity contribution is 7.17. The van der Waals surface area contributed by atoms with E-state index in [1.807, 2.05) is 14.0 Å². The van der Waals surface area contributed by atoms with Crippen LogP contribution in [0.5, 0.6) is 0 Å². The van der Waals surface area contributed by atoms with Crippen molar-refractivity contribution in [1.82, 2.24) is 15.1 Å². The van der Waals surface area contributed by atoms with E-state index in [0.29, 0.717) is 10.9 Å².